The number of carbonyl (C=O) groups is 1. The first-order valence-electron chi connectivity index (χ1n) is 7.58. The summed E-state index contributed by atoms with van der Waals surface area (Å²) in [5.74, 6) is -0.343. The number of carbonyl (C=O) groups excluding carboxylic acids is 1. The minimum atomic E-state index is -3.32. The molecule has 0 saturated heterocycles. The van der Waals surface area contributed by atoms with E-state index >= 15 is 0 Å². The molecule has 0 aliphatic carbocycles. The summed E-state index contributed by atoms with van der Waals surface area (Å²) < 4.78 is 25.0. The summed E-state index contributed by atoms with van der Waals surface area (Å²) in [5, 5.41) is 2.76. The Kier molecular flexibility index (Phi) is 4.29. The van der Waals surface area contributed by atoms with Gasteiger partial charge in [0.2, 0.25) is 15.9 Å². The van der Waals surface area contributed by atoms with Crippen molar-refractivity contribution in [1.82, 2.24) is 0 Å². The van der Waals surface area contributed by atoms with Gasteiger partial charge in [0, 0.05) is 12.2 Å². The first-order chi connectivity index (χ1) is 11.4. The van der Waals surface area contributed by atoms with E-state index in [1.165, 1.54) is 10.6 Å². The first-order valence-corrected chi connectivity index (χ1v) is 9.43. The molecule has 0 saturated carbocycles. The zero-order valence-corrected chi connectivity index (χ0v) is 14.1. The Morgan fingerprint density at radius 3 is 2.58 bits per heavy atom. The molecule has 0 spiro atoms. The van der Waals surface area contributed by atoms with Crippen LogP contribution in [0.1, 0.15) is 17.2 Å². The molecule has 2 aromatic carbocycles. The van der Waals surface area contributed by atoms with Crippen molar-refractivity contribution in [2.45, 2.75) is 12.5 Å². The maximum absolute atomic E-state index is 12.3. The quantitative estimate of drug-likeness (QED) is 0.881. The summed E-state index contributed by atoms with van der Waals surface area (Å²) in [6.07, 6.45) is 1.85. The molecule has 2 aromatic rings. The second kappa shape index (κ2) is 6.26. The van der Waals surface area contributed by atoms with E-state index in [-0.39, 0.29) is 5.91 Å². The van der Waals surface area contributed by atoms with Crippen LogP contribution in [-0.4, -0.2) is 27.1 Å². The fourth-order valence-corrected chi connectivity index (χ4v) is 3.75. The van der Waals surface area contributed by atoms with Gasteiger partial charge in [-0.3, -0.25) is 9.10 Å². The fourth-order valence-electron chi connectivity index (χ4n) is 2.80. The Balaban J connectivity index is 1.81. The summed E-state index contributed by atoms with van der Waals surface area (Å²) in [6.45, 7) is 0.426. The van der Waals surface area contributed by atoms with Crippen LogP contribution in [0.5, 0.6) is 0 Å². The molecule has 3 rings (SSSR count). The van der Waals surface area contributed by atoms with Crippen molar-refractivity contribution in [3.05, 3.63) is 59.7 Å². The number of amides is 1. The number of sulfonamides is 1. The van der Waals surface area contributed by atoms with Gasteiger partial charge in [-0.1, -0.05) is 36.4 Å². The van der Waals surface area contributed by atoms with Crippen molar-refractivity contribution < 1.29 is 13.2 Å². The zero-order chi connectivity index (χ0) is 17.3. The van der Waals surface area contributed by atoms with Crippen LogP contribution in [0.2, 0.25) is 0 Å². The molecule has 0 radical (unpaired) electrons. The monoisotopic (exact) mass is 345 g/mol. The van der Waals surface area contributed by atoms with E-state index in [9.17, 15) is 13.2 Å². The van der Waals surface area contributed by atoms with E-state index in [1.807, 2.05) is 24.3 Å². The molecule has 7 heteroatoms. The van der Waals surface area contributed by atoms with E-state index in [1.54, 1.807) is 24.3 Å². The summed E-state index contributed by atoms with van der Waals surface area (Å²) >= 11 is 0. The standard InChI is InChI=1S/C17H19N3O3S/c1-24(22,23)20-10-9-12-7-8-14(11-15(12)20)19-17(21)16(18)13-5-3-2-4-6-13/h2-8,11,16H,9-10,18H2,1H3,(H,19,21)/t16-/m0/s1. The van der Waals surface area contributed by atoms with E-state index < -0.39 is 16.1 Å². The van der Waals surface area contributed by atoms with E-state index in [2.05, 4.69) is 5.32 Å². The highest BCUT2D eigenvalue weighted by atomic mass is 32.2. The molecule has 1 aliphatic heterocycles. The number of hydrogen-bond acceptors (Lipinski definition) is 4. The molecule has 6 nitrogen and oxygen atoms in total. The van der Waals surface area contributed by atoms with Gasteiger partial charge in [-0.2, -0.15) is 0 Å². The smallest absolute Gasteiger partial charge is 0.245 e. The minimum Gasteiger partial charge on any atom is -0.324 e. The molecule has 0 aromatic heterocycles. The lowest BCUT2D eigenvalue weighted by Crippen LogP contribution is -2.28. The number of nitrogens with one attached hydrogen (secondary N) is 1. The van der Waals surface area contributed by atoms with Crippen molar-refractivity contribution >= 4 is 27.3 Å². The summed E-state index contributed by atoms with van der Waals surface area (Å²) in [4.78, 5) is 12.3. The van der Waals surface area contributed by atoms with Gasteiger partial charge in [0.15, 0.2) is 0 Å². The number of nitrogens with zero attached hydrogens (tertiary/aromatic N) is 1. The SMILES string of the molecule is CS(=O)(=O)N1CCc2ccc(NC(=O)[C@@H](N)c3ccccc3)cc21. The second-order valence-corrected chi connectivity index (χ2v) is 7.71. The molecule has 0 unspecified atom stereocenters. The fraction of sp³-hybridized carbons (Fsp3) is 0.235. The normalized spacial score (nSPS) is 15.0. The average Bonchev–Trinajstić information content (AvgIpc) is 2.98. The summed E-state index contributed by atoms with van der Waals surface area (Å²) in [7, 11) is -3.32. The van der Waals surface area contributed by atoms with Gasteiger partial charge in [-0.05, 0) is 29.7 Å². The third-order valence-corrected chi connectivity index (χ3v) is 5.23. The summed E-state index contributed by atoms with van der Waals surface area (Å²) in [6, 6.07) is 13.6. The van der Waals surface area contributed by atoms with E-state index in [0.29, 0.717) is 29.9 Å². The van der Waals surface area contributed by atoms with Gasteiger partial charge in [0.25, 0.3) is 0 Å². The lowest BCUT2D eigenvalue weighted by atomic mass is 10.1. The second-order valence-electron chi connectivity index (χ2n) is 5.81. The van der Waals surface area contributed by atoms with Gasteiger partial charge in [-0.25, -0.2) is 8.42 Å². The number of benzene rings is 2. The van der Waals surface area contributed by atoms with Gasteiger partial charge in [-0.15, -0.1) is 0 Å². The van der Waals surface area contributed by atoms with Crippen LogP contribution in [0.15, 0.2) is 48.5 Å². The molecule has 1 aliphatic rings. The maximum atomic E-state index is 12.3. The highest BCUT2D eigenvalue weighted by molar-refractivity contribution is 7.92. The molecular weight excluding hydrogens is 326 g/mol. The highest BCUT2D eigenvalue weighted by Crippen LogP contribution is 2.32. The van der Waals surface area contributed by atoms with Crippen LogP contribution in [0.3, 0.4) is 0 Å². The van der Waals surface area contributed by atoms with Crippen LogP contribution in [-0.2, 0) is 21.2 Å². The molecule has 3 N–H and O–H groups in total. The topological polar surface area (TPSA) is 92.5 Å². The Hall–Kier alpha value is -2.38. The van der Waals surface area contributed by atoms with Crippen LogP contribution < -0.4 is 15.4 Å². The zero-order valence-electron chi connectivity index (χ0n) is 13.3. The van der Waals surface area contributed by atoms with Gasteiger partial charge >= 0.3 is 0 Å². The van der Waals surface area contributed by atoms with E-state index in [0.717, 1.165) is 5.56 Å². The molecule has 0 fully saturated rings. The molecule has 24 heavy (non-hydrogen) atoms. The van der Waals surface area contributed by atoms with E-state index in [4.69, 9.17) is 5.73 Å². The van der Waals surface area contributed by atoms with Crippen molar-refractivity contribution in [2.75, 3.05) is 22.4 Å². The van der Waals surface area contributed by atoms with Crippen molar-refractivity contribution in [2.24, 2.45) is 5.73 Å². The van der Waals surface area contributed by atoms with Crippen molar-refractivity contribution in [1.29, 1.82) is 0 Å². The lowest BCUT2D eigenvalue weighted by Gasteiger charge is -2.18. The summed E-state index contributed by atoms with van der Waals surface area (Å²) in [5.41, 5.74) is 8.79. The van der Waals surface area contributed by atoms with Crippen LogP contribution >= 0.6 is 0 Å². The van der Waals surface area contributed by atoms with Crippen LogP contribution in [0, 0.1) is 0 Å². The predicted octanol–water partition coefficient (Wildman–Crippen LogP) is 1.65. The van der Waals surface area contributed by atoms with Crippen LogP contribution in [0.25, 0.3) is 0 Å². The van der Waals surface area contributed by atoms with Gasteiger partial charge < -0.3 is 11.1 Å². The predicted molar refractivity (Wildman–Crippen MR) is 94.3 cm³/mol. The number of fused-ring (bicyclic) bond motifs is 1. The van der Waals surface area contributed by atoms with Crippen molar-refractivity contribution in [3.8, 4) is 0 Å². The molecule has 1 atom stereocenters. The minimum absolute atomic E-state index is 0.343. The number of hydrogen-bond donors (Lipinski definition) is 2. The third-order valence-electron chi connectivity index (χ3n) is 4.05. The molecule has 1 heterocycles. The first kappa shape index (κ1) is 16.5. The number of rotatable bonds is 4. The van der Waals surface area contributed by atoms with Crippen LogP contribution in [0.4, 0.5) is 11.4 Å². The Bertz CT molecular complexity index is 866. The molecule has 126 valence electrons. The average molecular weight is 345 g/mol. The number of nitrogens with two attached hydrogens (primary N) is 1. The Morgan fingerprint density at radius 2 is 1.92 bits per heavy atom. The molecule has 0 bridgehead atoms. The Morgan fingerprint density at radius 1 is 1.21 bits per heavy atom. The highest BCUT2D eigenvalue weighted by Gasteiger charge is 2.26. The molecular formula is C17H19N3O3S. The third kappa shape index (κ3) is 3.27. The number of anilines is 2. The van der Waals surface area contributed by atoms with Gasteiger partial charge in [0.05, 0.1) is 11.9 Å². The Labute approximate surface area is 141 Å². The molecule has 1 amide bonds. The lowest BCUT2D eigenvalue weighted by molar-refractivity contribution is -0.117. The maximum Gasteiger partial charge on any atom is 0.245 e. The van der Waals surface area contributed by atoms with Crippen molar-refractivity contribution in [3.63, 3.8) is 0 Å². The largest absolute Gasteiger partial charge is 0.324 e. The van der Waals surface area contributed by atoms with Gasteiger partial charge in [0.1, 0.15) is 6.04 Å².